The maximum absolute atomic E-state index is 12.9. The Kier molecular flexibility index (Phi) is 65.7. The summed E-state index contributed by atoms with van der Waals surface area (Å²) in [6.07, 6.45) is 89.3. The molecule has 0 aromatic carbocycles. The van der Waals surface area contributed by atoms with Gasteiger partial charge in [0.15, 0.2) is 6.10 Å². The van der Waals surface area contributed by atoms with Crippen LogP contribution < -0.4 is 0 Å². The molecule has 0 aliphatic carbocycles. The Hall–Kier alpha value is -3.15. The Morgan fingerprint density at radius 3 is 0.787 bits per heavy atom. The van der Waals surface area contributed by atoms with Crippen LogP contribution in [0, 0.1) is 0 Å². The molecule has 0 amide bonds. The molecule has 1 atom stereocenters. The van der Waals surface area contributed by atoms with Gasteiger partial charge in [0, 0.05) is 19.3 Å². The molecule has 0 aliphatic heterocycles. The van der Waals surface area contributed by atoms with Gasteiger partial charge in [-0.25, -0.2) is 0 Å². The van der Waals surface area contributed by atoms with Gasteiger partial charge in [-0.3, -0.25) is 14.4 Å². The summed E-state index contributed by atoms with van der Waals surface area (Å²) in [5.74, 6) is -0.861. The average molecular weight is 1120 g/mol. The summed E-state index contributed by atoms with van der Waals surface area (Å²) in [5.41, 5.74) is 0. The number of allylic oxidation sites excluding steroid dienone is 12. The second-order valence-corrected chi connectivity index (χ2v) is 23.4. The minimum Gasteiger partial charge on any atom is -0.462 e. The van der Waals surface area contributed by atoms with E-state index >= 15 is 0 Å². The zero-order chi connectivity index (χ0) is 57.8. The van der Waals surface area contributed by atoms with Crippen LogP contribution in [0.2, 0.25) is 0 Å². The van der Waals surface area contributed by atoms with E-state index < -0.39 is 6.10 Å². The molecule has 0 fully saturated rings. The van der Waals surface area contributed by atoms with Gasteiger partial charge in [-0.1, -0.05) is 325 Å². The van der Waals surface area contributed by atoms with Crippen molar-refractivity contribution < 1.29 is 28.6 Å². The van der Waals surface area contributed by atoms with E-state index in [2.05, 4.69) is 93.7 Å². The third-order valence-electron chi connectivity index (χ3n) is 15.4. The van der Waals surface area contributed by atoms with Crippen molar-refractivity contribution in [1.82, 2.24) is 0 Å². The van der Waals surface area contributed by atoms with Gasteiger partial charge >= 0.3 is 17.9 Å². The molecule has 0 spiro atoms. The monoisotopic (exact) mass is 1120 g/mol. The van der Waals surface area contributed by atoms with E-state index in [0.717, 1.165) is 96.3 Å². The second kappa shape index (κ2) is 68.3. The largest absolute Gasteiger partial charge is 0.462 e. The molecule has 0 saturated carbocycles. The van der Waals surface area contributed by atoms with Crippen molar-refractivity contribution in [3.8, 4) is 0 Å². The molecule has 0 bridgehead atoms. The van der Waals surface area contributed by atoms with Crippen molar-refractivity contribution in [2.75, 3.05) is 13.2 Å². The van der Waals surface area contributed by atoms with Crippen LogP contribution in [-0.4, -0.2) is 37.2 Å². The highest BCUT2D eigenvalue weighted by molar-refractivity contribution is 5.71. The molecule has 0 aliphatic rings. The van der Waals surface area contributed by atoms with Crippen molar-refractivity contribution in [3.05, 3.63) is 72.9 Å². The van der Waals surface area contributed by atoms with Crippen LogP contribution in [0.1, 0.15) is 361 Å². The van der Waals surface area contributed by atoms with E-state index in [0.29, 0.717) is 19.3 Å². The number of unbranched alkanes of at least 4 members (excludes halogenated alkanes) is 41. The van der Waals surface area contributed by atoms with Crippen LogP contribution in [0.5, 0.6) is 0 Å². The minimum atomic E-state index is -0.777. The maximum atomic E-state index is 12.9. The van der Waals surface area contributed by atoms with Gasteiger partial charge in [-0.05, 0) is 89.9 Å². The van der Waals surface area contributed by atoms with E-state index in [9.17, 15) is 14.4 Å². The van der Waals surface area contributed by atoms with Gasteiger partial charge in [0.2, 0.25) is 0 Å². The standard InChI is InChI=1S/C74H132O6/c1-4-7-10-13-16-19-22-25-27-29-31-33-34-35-36-37-38-39-40-41-43-44-46-49-52-55-58-61-64-67-73(76)79-70-71(69-78-72(75)66-63-60-57-54-51-48-24-21-18-15-12-9-6-3)80-74(77)68-65-62-59-56-53-50-47-45-42-32-30-28-26-23-20-17-14-11-8-5-2/h7,10,16,19,21,24-25,27,31,33,35-36,71H,4-6,8-9,11-15,17-18,20,22-23,26,28-30,32,34,37-70H2,1-3H3/b10-7-,19-16-,24-21-,27-25-,33-31-,36-35-. The molecule has 0 saturated heterocycles. The molecule has 0 aromatic rings. The summed E-state index contributed by atoms with van der Waals surface area (Å²) in [5, 5.41) is 0. The predicted octanol–water partition coefficient (Wildman–Crippen LogP) is 24.1. The molecular formula is C74H132O6. The lowest BCUT2D eigenvalue weighted by atomic mass is 10.0. The molecule has 0 N–H and O–H groups in total. The number of hydrogen-bond acceptors (Lipinski definition) is 6. The fourth-order valence-corrected chi connectivity index (χ4v) is 10.2. The van der Waals surface area contributed by atoms with Crippen molar-refractivity contribution in [2.24, 2.45) is 0 Å². The SMILES string of the molecule is CC/C=C\C/C=C\C/C=C\C/C=C\C/C=C\CCCCCCCCCCCCCCCC(=O)OCC(COC(=O)CCCCCCC/C=C\CCCCCC)OC(=O)CCCCCCCCCCCCCCCCCCCCCC. The summed E-state index contributed by atoms with van der Waals surface area (Å²) in [6, 6.07) is 0. The van der Waals surface area contributed by atoms with Gasteiger partial charge in [0.05, 0.1) is 0 Å². The highest BCUT2D eigenvalue weighted by Crippen LogP contribution is 2.18. The van der Waals surface area contributed by atoms with E-state index in [-0.39, 0.29) is 31.1 Å². The Bertz CT molecular complexity index is 1470. The van der Waals surface area contributed by atoms with Crippen LogP contribution >= 0.6 is 0 Å². The molecule has 0 heterocycles. The van der Waals surface area contributed by atoms with Gasteiger partial charge in [0.25, 0.3) is 0 Å². The highest BCUT2D eigenvalue weighted by atomic mass is 16.6. The predicted molar refractivity (Wildman–Crippen MR) is 348 cm³/mol. The fourth-order valence-electron chi connectivity index (χ4n) is 10.2. The Morgan fingerprint density at radius 1 is 0.263 bits per heavy atom. The lowest BCUT2D eigenvalue weighted by Gasteiger charge is -2.18. The fraction of sp³-hybridized carbons (Fsp3) is 0.797. The molecule has 464 valence electrons. The van der Waals surface area contributed by atoms with E-state index in [1.165, 1.54) is 225 Å². The number of carbonyl (C=O) groups excluding carboxylic acids is 3. The third-order valence-corrected chi connectivity index (χ3v) is 15.4. The van der Waals surface area contributed by atoms with Crippen LogP contribution in [0.4, 0.5) is 0 Å². The van der Waals surface area contributed by atoms with E-state index in [4.69, 9.17) is 14.2 Å². The van der Waals surface area contributed by atoms with Gasteiger partial charge in [-0.15, -0.1) is 0 Å². The van der Waals surface area contributed by atoms with Gasteiger partial charge < -0.3 is 14.2 Å². The molecule has 80 heavy (non-hydrogen) atoms. The van der Waals surface area contributed by atoms with Crippen molar-refractivity contribution in [3.63, 3.8) is 0 Å². The Labute approximate surface area is 497 Å². The summed E-state index contributed by atoms with van der Waals surface area (Å²) in [6.45, 7) is 6.56. The van der Waals surface area contributed by atoms with Crippen molar-refractivity contribution in [2.45, 2.75) is 367 Å². The molecule has 0 aromatic heterocycles. The lowest BCUT2D eigenvalue weighted by molar-refractivity contribution is -0.167. The van der Waals surface area contributed by atoms with Crippen LogP contribution in [0.25, 0.3) is 0 Å². The normalized spacial score (nSPS) is 12.5. The minimum absolute atomic E-state index is 0.0740. The molecule has 0 rings (SSSR count). The zero-order valence-corrected chi connectivity index (χ0v) is 53.3. The van der Waals surface area contributed by atoms with E-state index in [1.807, 2.05) is 0 Å². The lowest BCUT2D eigenvalue weighted by Crippen LogP contribution is -2.30. The smallest absolute Gasteiger partial charge is 0.306 e. The zero-order valence-electron chi connectivity index (χ0n) is 53.3. The van der Waals surface area contributed by atoms with Crippen LogP contribution in [0.3, 0.4) is 0 Å². The van der Waals surface area contributed by atoms with Crippen molar-refractivity contribution in [1.29, 1.82) is 0 Å². The number of carbonyl (C=O) groups is 3. The third kappa shape index (κ3) is 65.7. The first-order chi connectivity index (χ1) is 39.5. The Morgan fingerprint density at radius 2 is 0.487 bits per heavy atom. The van der Waals surface area contributed by atoms with Crippen LogP contribution in [0.15, 0.2) is 72.9 Å². The Balaban J connectivity index is 4.23. The van der Waals surface area contributed by atoms with E-state index in [1.54, 1.807) is 0 Å². The highest BCUT2D eigenvalue weighted by Gasteiger charge is 2.19. The maximum Gasteiger partial charge on any atom is 0.306 e. The molecule has 6 heteroatoms. The van der Waals surface area contributed by atoms with Crippen LogP contribution in [-0.2, 0) is 28.6 Å². The first-order valence-electron chi connectivity index (χ1n) is 34.9. The molecular weight excluding hydrogens is 985 g/mol. The molecule has 0 radical (unpaired) electrons. The topological polar surface area (TPSA) is 78.9 Å². The van der Waals surface area contributed by atoms with Gasteiger partial charge in [0.1, 0.15) is 13.2 Å². The average Bonchev–Trinajstić information content (AvgIpc) is 3.46. The summed E-state index contributed by atoms with van der Waals surface area (Å²) in [4.78, 5) is 38.4. The molecule has 6 nitrogen and oxygen atoms in total. The quantitative estimate of drug-likeness (QED) is 0.0261. The summed E-state index contributed by atoms with van der Waals surface area (Å²) >= 11 is 0. The molecule has 1 unspecified atom stereocenters. The van der Waals surface area contributed by atoms with Crippen molar-refractivity contribution >= 4 is 17.9 Å². The first-order valence-corrected chi connectivity index (χ1v) is 34.9. The second-order valence-electron chi connectivity index (χ2n) is 23.4. The number of esters is 3. The summed E-state index contributed by atoms with van der Waals surface area (Å²) < 4.78 is 17.0. The summed E-state index contributed by atoms with van der Waals surface area (Å²) in [7, 11) is 0. The van der Waals surface area contributed by atoms with Gasteiger partial charge in [-0.2, -0.15) is 0 Å². The number of ether oxygens (including phenoxy) is 3. The first kappa shape index (κ1) is 76.9. The number of hydrogen-bond donors (Lipinski definition) is 0. The number of rotatable bonds is 64.